The van der Waals surface area contributed by atoms with Gasteiger partial charge in [-0.05, 0) is 57.0 Å². The third-order valence-electron chi connectivity index (χ3n) is 6.37. The molecule has 0 spiro atoms. The van der Waals surface area contributed by atoms with Crippen LogP contribution >= 0.6 is 0 Å². The Morgan fingerprint density at radius 3 is 2.55 bits per heavy atom. The van der Waals surface area contributed by atoms with E-state index in [1.807, 2.05) is 0 Å². The molecule has 2 atom stereocenters. The first-order valence-electron chi connectivity index (χ1n) is 8.80. The maximum Gasteiger partial charge on any atom is 0.0224 e. The molecule has 3 rings (SSSR count). The number of nitrogens with zero attached hydrogens (tertiary/aromatic N) is 2. The van der Waals surface area contributed by atoms with Crippen LogP contribution in [0.2, 0.25) is 0 Å². The molecular weight excluding hydrogens is 246 g/mol. The van der Waals surface area contributed by atoms with E-state index in [4.69, 9.17) is 5.73 Å². The van der Waals surface area contributed by atoms with Gasteiger partial charge in [-0.2, -0.15) is 0 Å². The van der Waals surface area contributed by atoms with E-state index in [0.717, 1.165) is 18.5 Å². The Morgan fingerprint density at radius 1 is 1.10 bits per heavy atom. The highest BCUT2D eigenvalue weighted by molar-refractivity contribution is 4.95. The summed E-state index contributed by atoms with van der Waals surface area (Å²) in [4.78, 5) is 5.49. The van der Waals surface area contributed by atoms with Gasteiger partial charge in [-0.1, -0.05) is 19.8 Å². The van der Waals surface area contributed by atoms with Gasteiger partial charge < -0.3 is 5.73 Å². The average Bonchev–Trinajstić information content (AvgIpc) is 2.89. The Balaban J connectivity index is 1.63. The quantitative estimate of drug-likeness (QED) is 0.860. The van der Waals surface area contributed by atoms with E-state index in [1.165, 1.54) is 64.7 Å². The highest BCUT2D eigenvalue weighted by atomic mass is 15.3. The average molecular weight is 279 g/mol. The maximum atomic E-state index is 6.22. The zero-order valence-electron chi connectivity index (χ0n) is 13.5. The van der Waals surface area contributed by atoms with Gasteiger partial charge in [0.05, 0.1) is 0 Å². The molecule has 2 saturated heterocycles. The van der Waals surface area contributed by atoms with Crippen molar-refractivity contribution >= 4 is 0 Å². The van der Waals surface area contributed by atoms with Gasteiger partial charge in [0.25, 0.3) is 0 Å². The molecule has 0 radical (unpaired) electrons. The molecule has 2 aliphatic heterocycles. The van der Waals surface area contributed by atoms with Crippen LogP contribution in [-0.4, -0.2) is 54.6 Å². The molecule has 20 heavy (non-hydrogen) atoms. The Hall–Kier alpha value is -0.120. The lowest BCUT2D eigenvalue weighted by Gasteiger charge is -2.48. The topological polar surface area (TPSA) is 32.5 Å². The minimum absolute atomic E-state index is 0.418. The molecule has 2 heterocycles. The van der Waals surface area contributed by atoms with E-state index in [9.17, 15) is 0 Å². The summed E-state index contributed by atoms with van der Waals surface area (Å²) in [7, 11) is 0. The summed E-state index contributed by atoms with van der Waals surface area (Å²) in [5.74, 6) is 0.916. The summed E-state index contributed by atoms with van der Waals surface area (Å²) in [6.07, 6.45) is 8.29. The molecule has 3 nitrogen and oxygen atoms in total. The van der Waals surface area contributed by atoms with Gasteiger partial charge in [-0.3, -0.25) is 9.80 Å². The van der Waals surface area contributed by atoms with E-state index in [-0.39, 0.29) is 0 Å². The van der Waals surface area contributed by atoms with Crippen molar-refractivity contribution in [3.05, 3.63) is 0 Å². The second-order valence-corrected chi connectivity index (χ2v) is 7.96. The van der Waals surface area contributed by atoms with Crippen LogP contribution in [0.25, 0.3) is 0 Å². The van der Waals surface area contributed by atoms with Crippen molar-refractivity contribution in [2.75, 3.05) is 32.7 Å². The third-order valence-corrected chi connectivity index (χ3v) is 6.37. The van der Waals surface area contributed by atoms with Gasteiger partial charge >= 0.3 is 0 Å². The summed E-state index contributed by atoms with van der Waals surface area (Å²) >= 11 is 0. The first kappa shape index (κ1) is 14.8. The standard InChI is InChI=1S/C17H33N3/c1-14-5-7-17(12-18,8-6-14)13-20-11-16-4-3-9-19(16)10-15(20)2/h14-16H,3-13,18H2,1-2H3. The lowest BCUT2D eigenvalue weighted by atomic mass is 9.70. The van der Waals surface area contributed by atoms with Crippen molar-refractivity contribution in [3.8, 4) is 0 Å². The van der Waals surface area contributed by atoms with Gasteiger partial charge in [-0.25, -0.2) is 0 Å². The predicted octanol–water partition coefficient (Wildman–Crippen LogP) is 2.31. The van der Waals surface area contributed by atoms with Crippen molar-refractivity contribution < 1.29 is 0 Å². The number of rotatable bonds is 3. The van der Waals surface area contributed by atoms with E-state index in [0.29, 0.717) is 11.5 Å². The zero-order chi connectivity index (χ0) is 14.2. The molecule has 0 amide bonds. The molecule has 1 saturated carbocycles. The monoisotopic (exact) mass is 279 g/mol. The van der Waals surface area contributed by atoms with Crippen LogP contribution in [0.3, 0.4) is 0 Å². The zero-order valence-corrected chi connectivity index (χ0v) is 13.5. The maximum absolute atomic E-state index is 6.22. The van der Waals surface area contributed by atoms with E-state index >= 15 is 0 Å². The lowest BCUT2D eigenvalue weighted by Crippen LogP contribution is -2.58. The largest absolute Gasteiger partial charge is 0.330 e. The smallest absolute Gasteiger partial charge is 0.0224 e. The van der Waals surface area contributed by atoms with E-state index in [1.54, 1.807) is 0 Å². The normalized spacial score (nSPS) is 43.6. The Kier molecular flexibility index (Phi) is 4.40. The van der Waals surface area contributed by atoms with Crippen molar-refractivity contribution in [2.24, 2.45) is 17.1 Å². The van der Waals surface area contributed by atoms with Gasteiger partial charge in [0.2, 0.25) is 0 Å². The second-order valence-electron chi connectivity index (χ2n) is 7.96. The highest BCUT2D eigenvalue weighted by Gasteiger charge is 2.40. The molecule has 0 aromatic heterocycles. The second kappa shape index (κ2) is 5.94. The summed E-state index contributed by atoms with van der Waals surface area (Å²) in [6, 6.07) is 1.55. The van der Waals surface area contributed by atoms with Crippen molar-refractivity contribution in [1.29, 1.82) is 0 Å². The van der Waals surface area contributed by atoms with Crippen LogP contribution in [-0.2, 0) is 0 Å². The van der Waals surface area contributed by atoms with Crippen LogP contribution in [0.5, 0.6) is 0 Å². The number of piperazine rings is 1. The van der Waals surface area contributed by atoms with Gasteiger partial charge in [-0.15, -0.1) is 0 Å². The Bertz CT molecular complexity index is 322. The molecule has 3 aliphatic rings. The molecule has 116 valence electrons. The fourth-order valence-corrected chi connectivity index (χ4v) is 4.70. The van der Waals surface area contributed by atoms with Crippen molar-refractivity contribution in [2.45, 2.75) is 64.5 Å². The van der Waals surface area contributed by atoms with Crippen LogP contribution < -0.4 is 5.73 Å². The van der Waals surface area contributed by atoms with Crippen LogP contribution in [0.4, 0.5) is 0 Å². The minimum Gasteiger partial charge on any atom is -0.330 e. The third kappa shape index (κ3) is 2.90. The van der Waals surface area contributed by atoms with Crippen molar-refractivity contribution in [3.63, 3.8) is 0 Å². The van der Waals surface area contributed by atoms with E-state index < -0.39 is 0 Å². The minimum atomic E-state index is 0.418. The molecule has 3 fully saturated rings. The number of hydrogen-bond acceptors (Lipinski definition) is 3. The molecule has 1 aliphatic carbocycles. The molecule has 2 N–H and O–H groups in total. The van der Waals surface area contributed by atoms with E-state index in [2.05, 4.69) is 23.6 Å². The summed E-state index contributed by atoms with van der Waals surface area (Å²) < 4.78 is 0. The first-order chi connectivity index (χ1) is 9.62. The summed E-state index contributed by atoms with van der Waals surface area (Å²) in [5.41, 5.74) is 6.63. The first-order valence-corrected chi connectivity index (χ1v) is 8.80. The summed E-state index contributed by atoms with van der Waals surface area (Å²) in [6.45, 7) is 10.9. The molecule has 3 heteroatoms. The Morgan fingerprint density at radius 2 is 1.85 bits per heavy atom. The SMILES string of the molecule is CC1CCC(CN)(CN2CC3CCCN3CC2C)CC1. The van der Waals surface area contributed by atoms with Crippen LogP contribution in [0.15, 0.2) is 0 Å². The molecule has 0 aromatic carbocycles. The molecule has 0 bridgehead atoms. The summed E-state index contributed by atoms with van der Waals surface area (Å²) in [5, 5.41) is 0. The van der Waals surface area contributed by atoms with Crippen LogP contribution in [0, 0.1) is 11.3 Å². The van der Waals surface area contributed by atoms with Crippen molar-refractivity contribution in [1.82, 2.24) is 9.80 Å². The number of hydrogen-bond donors (Lipinski definition) is 1. The van der Waals surface area contributed by atoms with Crippen LogP contribution in [0.1, 0.15) is 52.4 Å². The molecular formula is C17H33N3. The predicted molar refractivity (Wildman–Crippen MR) is 84.7 cm³/mol. The van der Waals surface area contributed by atoms with Gasteiger partial charge in [0, 0.05) is 31.7 Å². The van der Waals surface area contributed by atoms with Gasteiger partial charge in [0.1, 0.15) is 0 Å². The molecule has 0 aromatic rings. The highest BCUT2D eigenvalue weighted by Crippen LogP contribution is 2.40. The lowest BCUT2D eigenvalue weighted by molar-refractivity contribution is 0.0116. The fraction of sp³-hybridized carbons (Fsp3) is 1.00. The fourth-order valence-electron chi connectivity index (χ4n) is 4.70. The number of fused-ring (bicyclic) bond motifs is 1. The Labute approximate surface area is 124 Å². The molecule has 2 unspecified atom stereocenters. The number of nitrogens with two attached hydrogens (primary N) is 1. The van der Waals surface area contributed by atoms with Gasteiger partial charge in [0.15, 0.2) is 0 Å².